The molecule has 1 rings (SSSR count). The first-order valence-electron chi connectivity index (χ1n) is 5.96. The summed E-state index contributed by atoms with van der Waals surface area (Å²) in [5.74, 6) is 5.79. The van der Waals surface area contributed by atoms with E-state index in [2.05, 4.69) is 61.6 Å². The molecule has 18 heavy (non-hydrogen) atoms. The van der Waals surface area contributed by atoms with Gasteiger partial charge in [-0.1, -0.05) is 55.7 Å². The second-order valence-corrected chi connectivity index (χ2v) is 12.1. The van der Waals surface area contributed by atoms with E-state index in [0.717, 1.165) is 10.0 Å². The molecule has 0 saturated carbocycles. The predicted molar refractivity (Wildman–Crippen MR) is 83.2 cm³/mol. The Balaban J connectivity index is 2.93. The molecule has 1 aromatic carbocycles. The van der Waals surface area contributed by atoms with Crippen molar-refractivity contribution in [1.82, 2.24) is 0 Å². The third kappa shape index (κ3) is 3.57. The zero-order valence-corrected chi connectivity index (χ0v) is 14.2. The summed E-state index contributed by atoms with van der Waals surface area (Å²) in [6, 6.07) is 7.69. The summed E-state index contributed by atoms with van der Waals surface area (Å²) in [7, 11) is -1.99. The maximum atomic E-state index is 12.2. The number of halogens is 1. The molecule has 0 N–H and O–H groups in total. The molecule has 0 heterocycles. The average Bonchev–Trinajstić information content (AvgIpc) is 2.26. The molecule has 96 valence electrons. The fourth-order valence-electron chi connectivity index (χ4n) is 1.16. The Bertz CT molecular complexity index is 498. The van der Waals surface area contributed by atoms with E-state index in [-0.39, 0.29) is 10.4 Å². The Morgan fingerprint density at radius 2 is 1.67 bits per heavy atom. The van der Waals surface area contributed by atoms with Gasteiger partial charge in [-0.05, 0) is 35.2 Å². The van der Waals surface area contributed by atoms with Gasteiger partial charge in [0.1, 0.15) is 8.07 Å². The summed E-state index contributed by atoms with van der Waals surface area (Å²) in [4.78, 5) is 12.2. The van der Waals surface area contributed by atoms with Crippen LogP contribution < -0.4 is 0 Å². The van der Waals surface area contributed by atoms with Crippen LogP contribution in [-0.2, 0) is 4.79 Å². The molecule has 0 fully saturated rings. The number of hydrogen-bond donors (Lipinski definition) is 0. The monoisotopic (exact) mass is 322 g/mol. The highest BCUT2D eigenvalue weighted by atomic mass is 79.9. The Morgan fingerprint density at radius 3 is 2.11 bits per heavy atom. The van der Waals surface area contributed by atoms with Crippen molar-refractivity contribution in [3.8, 4) is 11.8 Å². The predicted octanol–water partition coefficient (Wildman–Crippen LogP) is 4.42. The number of rotatable bonds is 1. The number of hydrogen-bond acceptors (Lipinski definition) is 1. The SMILES string of the molecule is CC(C)(C)[Si](C)(C)C(=O)C#Cc1ccc(Br)cc1. The Hall–Kier alpha value is -0.853. The van der Waals surface area contributed by atoms with E-state index >= 15 is 0 Å². The van der Waals surface area contributed by atoms with Gasteiger partial charge in [0.25, 0.3) is 0 Å². The molecule has 0 unspecified atom stereocenters. The zero-order chi connectivity index (χ0) is 14.0. The third-order valence-electron chi connectivity index (χ3n) is 3.61. The van der Waals surface area contributed by atoms with Crippen LogP contribution in [0, 0.1) is 11.8 Å². The van der Waals surface area contributed by atoms with Gasteiger partial charge in [0.15, 0.2) is 5.41 Å². The molecule has 0 atom stereocenters. The lowest BCUT2D eigenvalue weighted by atomic mass is 10.2. The zero-order valence-electron chi connectivity index (χ0n) is 11.6. The van der Waals surface area contributed by atoms with Gasteiger partial charge in [-0.15, -0.1) is 0 Å². The van der Waals surface area contributed by atoms with Crippen LogP contribution in [-0.4, -0.2) is 13.5 Å². The highest BCUT2D eigenvalue weighted by Crippen LogP contribution is 2.36. The number of carbonyl (C=O) groups is 1. The molecule has 3 heteroatoms. The van der Waals surface area contributed by atoms with Crippen LogP contribution in [0.5, 0.6) is 0 Å². The molecule has 1 aromatic rings. The van der Waals surface area contributed by atoms with Crippen molar-refractivity contribution >= 4 is 29.4 Å². The average molecular weight is 323 g/mol. The first-order chi connectivity index (χ1) is 8.14. The molecule has 0 aliphatic heterocycles. The molecule has 0 bridgehead atoms. The van der Waals surface area contributed by atoms with Crippen molar-refractivity contribution in [1.29, 1.82) is 0 Å². The normalized spacial score (nSPS) is 11.7. The van der Waals surface area contributed by atoms with E-state index in [1.54, 1.807) is 0 Å². The summed E-state index contributed by atoms with van der Waals surface area (Å²) in [6.07, 6.45) is 0. The quantitative estimate of drug-likeness (QED) is 0.552. The second kappa shape index (κ2) is 5.42. The molecule has 0 spiro atoms. The van der Waals surface area contributed by atoms with Crippen molar-refractivity contribution in [2.75, 3.05) is 0 Å². The molecule has 0 aliphatic carbocycles. The van der Waals surface area contributed by atoms with Gasteiger partial charge in [0.05, 0.1) is 0 Å². The van der Waals surface area contributed by atoms with Crippen molar-refractivity contribution in [3.63, 3.8) is 0 Å². The van der Waals surface area contributed by atoms with E-state index in [4.69, 9.17) is 0 Å². The third-order valence-corrected chi connectivity index (χ3v) is 9.15. The summed E-state index contributed by atoms with van der Waals surface area (Å²) in [6.45, 7) is 10.5. The summed E-state index contributed by atoms with van der Waals surface area (Å²) < 4.78 is 1.02. The number of carbonyl (C=O) groups excluding carboxylic acids is 1. The van der Waals surface area contributed by atoms with Gasteiger partial charge >= 0.3 is 0 Å². The maximum absolute atomic E-state index is 12.2. The van der Waals surface area contributed by atoms with Crippen LogP contribution in [0.1, 0.15) is 26.3 Å². The minimum absolute atomic E-state index is 0.0402. The topological polar surface area (TPSA) is 17.1 Å². The van der Waals surface area contributed by atoms with Crippen molar-refractivity contribution in [2.45, 2.75) is 38.9 Å². The van der Waals surface area contributed by atoms with E-state index < -0.39 is 8.07 Å². The van der Waals surface area contributed by atoms with Gasteiger partial charge < -0.3 is 0 Å². The molecular weight excluding hydrogens is 304 g/mol. The van der Waals surface area contributed by atoms with Crippen LogP contribution >= 0.6 is 15.9 Å². The smallest absolute Gasteiger partial charge is 0.181 e. The highest BCUT2D eigenvalue weighted by Gasteiger charge is 2.41. The van der Waals surface area contributed by atoms with Crippen LogP contribution in [0.15, 0.2) is 28.7 Å². The van der Waals surface area contributed by atoms with E-state index in [0.29, 0.717) is 0 Å². The fraction of sp³-hybridized carbons (Fsp3) is 0.400. The summed E-state index contributed by atoms with van der Waals surface area (Å²) in [5.41, 5.74) is 0.880. The Kier molecular flexibility index (Phi) is 4.58. The molecule has 0 amide bonds. The van der Waals surface area contributed by atoms with Crippen LogP contribution in [0.4, 0.5) is 0 Å². The van der Waals surface area contributed by atoms with Gasteiger partial charge in [-0.25, -0.2) is 0 Å². The lowest BCUT2D eigenvalue weighted by Gasteiger charge is -2.33. The Morgan fingerprint density at radius 1 is 1.17 bits per heavy atom. The molecule has 1 nitrogen and oxygen atoms in total. The van der Waals surface area contributed by atoms with E-state index in [1.165, 1.54) is 0 Å². The molecule has 0 saturated heterocycles. The molecule has 0 radical (unpaired) electrons. The largest absolute Gasteiger partial charge is 0.291 e. The van der Waals surface area contributed by atoms with E-state index in [1.807, 2.05) is 24.3 Å². The van der Waals surface area contributed by atoms with Crippen LogP contribution in [0.25, 0.3) is 0 Å². The lowest BCUT2D eigenvalue weighted by molar-refractivity contribution is -0.108. The standard InChI is InChI=1S/C15H19BrOSi/c1-15(2,3)18(4,5)14(17)11-8-12-6-9-13(16)10-7-12/h6-7,9-10H,1-5H3. The minimum Gasteiger partial charge on any atom is -0.291 e. The first kappa shape index (κ1) is 15.2. The Labute approximate surface area is 119 Å². The van der Waals surface area contributed by atoms with Crippen LogP contribution in [0.2, 0.25) is 18.1 Å². The maximum Gasteiger partial charge on any atom is 0.181 e. The lowest BCUT2D eigenvalue weighted by Crippen LogP contribution is -2.45. The van der Waals surface area contributed by atoms with E-state index in [9.17, 15) is 4.79 Å². The van der Waals surface area contributed by atoms with Crippen molar-refractivity contribution in [3.05, 3.63) is 34.3 Å². The van der Waals surface area contributed by atoms with Gasteiger partial charge in [-0.3, -0.25) is 4.79 Å². The highest BCUT2D eigenvalue weighted by molar-refractivity contribution is 9.10. The molecule has 0 aromatic heterocycles. The second-order valence-electron chi connectivity index (χ2n) is 5.96. The first-order valence-corrected chi connectivity index (χ1v) is 9.76. The van der Waals surface area contributed by atoms with Gasteiger partial charge in [0.2, 0.25) is 0 Å². The minimum atomic E-state index is -1.99. The summed E-state index contributed by atoms with van der Waals surface area (Å²) >= 11 is 3.38. The molecule has 0 aliphatic rings. The summed E-state index contributed by atoms with van der Waals surface area (Å²) in [5, 5.41) is 0.163. The fourth-order valence-corrected chi connectivity index (χ4v) is 2.48. The molecular formula is C15H19BrOSi. The number of benzene rings is 1. The van der Waals surface area contributed by atoms with Crippen LogP contribution in [0.3, 0.4) is 0 Å². The van der Waals surface area contributed by atoms with Gasteiger partial charge in [-0.2, -0.15) is 0 Å². The van der Waals surface area contributed by atoms with Crippen molar-refractivity contribution < 1.29 is 4.79 Å². The van der Waals surface area contributed by atoms with Gasteiger partial charge in [0, 0.05) is 10.0 Å². The van der Waals surface area contributed by atoms with Crippen molar-refractivity contribution in [2.24, 2.45) is 0 Å².